The first-order valence-corrected chi connectivity index (χ1v) is 10.4. The van der Waals surface area contributed by atoms with Gasteiger partial charge >= 0.3 is 0 Å². The number of nitrogen functional groups attached to an aromatic ring is 1. The molecule has 5 rings (SSSR count). The molecule has 0 fully saturated rings. The van der Waals surface area contributed by atoms with Gasteiger partial charge in [-0.15, -0.1) is 0 Å². The standard InChI is InChI=1S/C25H21N7O/c1-16-27-20(15-21(26)28-16)23-24(31-22-12-5-6-13-32(22)23)29-18-10-7-11-19(14-18)30-25(33)17-8-3-2-4-9-17/h2-15,29H,1H3,(H,30,33)(H2,26,27,28). The summed E-state index contributed by atoms with van der Waals surface area (Å²) < 4.78 is 1.95. The van der Waals surface area contributed by atoms with Crippen molar-refractivity contribution < 1.29 is 4.79 Å². The van der Waals surface area contributed by atoms with Crippen molar-refractivity contribution in [3.63, 3.8) is 0 Å². The summed E-state index contributed by atoms with van der Waals surface area (Å²) in [5, 5.41) is 6.30. The first kappa shape index (κ1) is 20.2. The quantitative estimate of drug-likeness (QED) is 0.370. The SMILES string of the molecule is Cc1nc(N)cc(-c2c(Nc3cccc(NC(=O)c4ccccc4)c3)nc3ccccn23)n1. The Morgan fingerprint density at radius 3 is 2.48 bits per heavy atom. The average Bonchev–Trinajstić information content (AvgIpc) is 3.17. The van der Waals surface area contributed by atoms with Crippen LogP contribution in [0.25, 0.3) is 17.0 Å². The highest BCUT2D eigenvalue weighted by atomic mass is 16.1. The van der Waals surface area contributed by atoms with Crippen molar-refractivity contribution in [1.29, 1.82) is 0 Å². The molecule has 162 valence electrons. The molecule has 0 bridgehead atoms. The van der Waals surface area contributed by atoms with Crippen LogP contribution < -0.4 is 16.4 Å². The molecule has 3 heterocycles. The molecule has 0 unspecified atom stereocenters. The zero-order valence-corrected chi connectivity index (χ0v) is 17.9. The number of anilines is 4. The molecule has 0 saturated carbocycles. The summed E-state index contributed by atoms with van der Waals surface area (Å²) >= 11 is 0. The van der Waals surface area contributed by atoms with E-state index in [1.807, 2.05) is 71.3 Å². The predicted octanol–water partition coefficient (Wildman–Crippen LogP) is 4.68. The van der Waals surface area contributed by atoms with Gasteiger partial charge in [0.1, 0.15) is 23.0 Å². The van der Waals surface area contributed by atoms with Crippen LogP contribution in [0.4, 0.5) is 23.0 Å². The lowest BCUT2D eigenvalue weighted by molar-refractivity contribution is 0.102. The van der Waals surface area contributed by atoms with Crippen molar-refractivity contribution in [2.24, 2.45) is 0 Å². The van der Waals surface area contributed by atoms with E-state index >= 15 is 0 Å². The molecule has 8 heteroatoms. The van der Waals surface area contributed by atoms with Gasteiger partial charge in [0.05, 0.1) is 5.69 Å². The van der Waals surface area contributed by atoms with Gasteiger partial charge in [0.25, 0.3) is 5.91 Å². The normalized spacial score (nSPS) is 10.8. The lowest BCUT2D eigenvalue weighted by Gasteiger charge is -2.10. The van der Waals surface area contributed by atoms with Gasteiger partial charge in [0.15, 0.2) is 5.82 Å². The first-order chi connectivity index (χ1) is 16.1. The van der Waals surface area contributed by atoms with Crippen molar-refractivity contribution in [3.05, 3.63) is 96.4 Å². The number of fused-ring (bicyclic) bond motifs is 1. The molecule has 0 radical (unpaired) electrons. The van der Waals surface area contributed by atoms with E-state index in [4.69, 9.17) is 10.7 Å². The number of carbonyl (C=O) groups excluding carboxylic acids is 1. The highest BCUT2D eigenvalue weighted by molar-refractivity contribution is 6.04. The molecular formula is C25H21N7O. The third-order valence-corrected chi connectivity index (χ3v) is 5.05. The summed E-state index contributed by atoms with van der Waals surface area (Å²) in [5.74, 6) is 1.41. The second-order valence-corrected chi connectivity index (χ2v) is 7.49. The van der Waals surface area contributed by atoms with E-state index < -0.39 is 0 Å². The molecule has 2 aromatic carbocycles. The van der Waals surface area contributed by atoms with E-state index in [1.54, 1.807) is 25.1 Å². The summed E-state index contributed by atoms with van der Waals surface area (Å²) in [6.45, 7) is 1.80. The maximum atomic E-state index is 12.5. The average molecular weight is 435 g/mol. The largest absolute Gasteiger partial charge is 0.384 e. The van der Waals surface area contributed by atoms with E-state index in [2.05, 4.69) is 20.6 Å². The van der Waals surface area contributed by atoms with Gasteiger partial charge in [-0.25, -0.2) is 15.0 Å². The fourth-order valence-electron chi connectivity index (χ4n) is 3.64. The third kappa shape index (κ3) is 4.22. The fourth-order valence-corrected chi connectivity index (χ4v) is 3.64. The maximum absolute atomic E-state index is 12.5. The van der Waals surface area contributed by atoms with Crippen LogP contribution in [0.15, 0.2) is 85.1 Å². The van der Waals surface area contributed by atoms with Gasteiger partial charge in [0, 0.05) is 29.2 Å². The van der Waals surface area contributed by atoms with E-state index in [-0.39, 0.29) is 5.91 Å². The molecule has 0 spiro atoms. The van der Waals surface area contributed by atoms with Gasteiger partial charge in [-0.1, -0.05) is 30.3 Å². The first-order valence-electron chi connectivity index (χ1n) is 10.4. The van der Waals surface area contributed by atoms with E-state index in [0.717, 1.165) is 17.0 Å². The predicted molar refractivity (Wildman–Crippen MR) is 129 cm³/mol. The highest BCUT2D eigenvalue weighted by Crippen LogP contribution is 2.31. The number of aromatic nitrogens is 4. The van der Waals surface area contributed by atoms with Crippen molar-refractivity contribution >= 4 is 34.6 Å². The summed E-state index contributed by atoms with van der Waals surface area (Å²) in [6, 6.07) is 24.1. The Balaban J connectivity index is 1.50. The second kappa shape index (κ2) is 8.43. The molecule has 8 nitrogen and oxygen atoms in total. The molecule has 1 amide bonds. The highest BCUT2D eigenvalue weighted by Gasteiger charge is 2.17. The Morgan fingerprint density at radius 1 is 0.879 bits per heavy atom. The number of aryl methyl sites for hydroxylation is 1. The molecule has 0 saturated heterocycles. The van der Waals surface area contributed by atoms with Gasteiger partial charge in [-0.05, 0) is 49.4 Å². The van der Waals surface area contributed by atoms with Crippen LogP contribution in [-0.4, -0.2) is 25.3 Å². The lowest BCUT2D eigenvalue weighted by atomic mass is 10.2. The van der Waals surface area contributed by atoms with Crippen LogP contribution in [0.5, 0.6) is 0 Å². The van der Waals surface area contributed by atoms with Crippen LogP contribution in [-0.2, 0) is 0 Å². The van der Waals surface area contributed by atoms with Crippen molar-refractivity contribution in [1.82, 2.24) is 19.4 Å². The van der Waals surface area contributed by atoms with Crippen LogP contribution in [0.3, 0.4) is 0 Å². The summed E-state index contributed by atoms with van der Waals surface area (Å²) in [6.07, 6.45) is 1.92. The number of pyridine rings is 1. The van der Waals surface area contributed by atoms with Crippen molar-refractivity contribution in [3.8, 4) is 11.4 Å². The number of rotatable bonds is 5. The van der Waals surface area contributed by atoms with Crippen molar-refractivity contribution in [2.45, 2.75) is 6.92 Å². The minimum Gasteiger partial charge on any atom is -0.384 e. The molecule has 3 aromatic heterocycles. The van der Waals surface area contributed by atoms with Crippen LogP contribution in [0, 0.1) is 6.92 Å². The maximum Gasteiger partial charge on any atom is 0.255 e. The zero-order valence-electron chi connectivity index (χ0n) is 17.9. The van der Waals surface area contributed by atoms with Gasteiger partial charge in [-0.2, -0.15) is 0 Å². The molecule has 4 N–H and O–H groups in total. The Morgan fingerprint density at radius 2 is 1.67 bits per heavy atom. The molecule has 0 aliphatic rings. The molecule has 0 aliphatic carbocycles. The van der Waals surface area contributed by atoms with E-state index in [1.165, 1.54) is 0 Å². The Bertz CT molecular complexity index is 1440. The number of hydrogen-bond acceptors (Lipinski definition) is 6. The van der Waals surface area contributed by atoms with Crippen molar-refractivity contribution in [2.75, 3.05) is 16.4 Å². The fraction of sp³-hybridized carbons (Fsp3) is 0.0400. The molecule has 33 heavy (non-hydrogen) atoms. The summed E-state index contributed by atoms with van der Waals surface area (Å²) in [4.78, 5) is 26.0. The minimum absolute atomic E-state index is 0.173. The zero-order chi connectivity index (χ0) is 22.8. The van der Waals surface area contributed by atoms with Gasteiger partial charge in [-0.3, -0.25) is 9.20 Å². The van der Waals surface area contributed by atoms with Crippen LogP contribution >= 0.6 is 0 Å². The van der Waals surface area contributed by atoms with Crippen LogP contribution in [0.2, 0.25) is 0 Å². The number of nitrogens with two attached hydrogens (primary N) is 1. The monoisotopic (exact) mass is 435 g/mol. The third-order valence-electron chi connectivity index (χ3n) is 5.05. The second-order valence-electron chi connectivity index (χ2n) is 7.49. The smallest absolute Gasteiger partial charge is 0.255 e. The summed E-state index contributed by atoms with van der Waals surface area (Å²) in [5.41, 5.74) is 10.2. The molecule has 0 aliphatic heterocycles. The molecular weight excluding hydrogens is 414 g/mol. The van der Waals surface area contributed by atoms with E-state index in [0.29, 0.717) is 34.4 Å². The van der Waals surface area contributed by atoms with Gasteiger partial charge in [0.2, 0.25) is 0 Å². The number of nitrogens with one attached hydrogen (secondary N) is 2. The number of carbonyl (C=O) groups is 1. The number of amides is 1. The lowest BCUT2D eigenvalue weighted by Crippen LogP contribution is -2.11. The van der Waals surface area contributed by atoms with E-state index in [9.17, 15) is 4.79 Å². The van der Waals surface area contributed by atoms with Crippen LogP contribution in [0.1, 0.15) is 16.2 Å². The number of benzene rings is 2. The Labute approximate surface area is 190 Å². The van der Waals surface area contributed by atoms with Gasteiger partial charge < -0.3 is 16.4 Å². The molecule has 0 atom stereocenters. The summed E-state index contributed by atoms with van der Waals surface area (Å²) in [7, 11) is 0. The Hall–Kier alpha value is -4.72. The number of nitrogens with zero attached hydrogens (tertiary/aromatic N) is 4. The minimum atomic E-state index is -0.173. The molecule has 5 aromatic rings. The number of hydrogen-bond donors (Lipinski definition) is 3. The Kier molecular flexibility index (Phi) is 5.16. The number of imidazole rings is 1. The topological polar surface area (TPSA) is 110 Å².